The minimum absolute atomic E-state index is 0.0359. The molecule has 3 aromatic rings. The molecule has 0 bridgehead atoms. The van der Waals surface area contributed by atoms with Crippen molar-refractivity contribution >= 4 is 67.2 Å². The van der Waals surface area contributed by atoms with Gasteiger partial charge in [0, 0.05) is 35.3 Å². The van der Waals surface area contributed by atoms with E-state index in [1.807, 2.05) is 11.0 Å². The highest BCUT2D eigenvalue weighted by molar-refractivity contribution is 7.93. The third-order valence-corrected chi connectivity index (χ3v) is 7.59. The van der Waals surface area contributed by atoms with E-state index in [9.17, 15) is 12.8 Å². The van der Waals surface area contributed by atoms with Gasteiger partial charge in [-0.05, 0) is 41.8 Å². The van der Waals surface area contributed by atoms with Crippen molar-refractivity contribution in [2.45, 2.75) is 17.9 Å². The molecule has 0 unspecified atom stereocenters. The number of hydrogen-bond donors (Lipinski definition) is 1. The fourth-order valence-electron chi connectivity index (χ4n) is 3.10. The van der Waals surface area contributed by atoms with Crippen LogP contribution in [0, 0.1) is 5.82 Å². The quantitative estimate of drug-likeness (QED) is 0.541. The average Bonchev–Trinajstić information content (AvgIpc) is 3.28. The van der Waals surface area contributed by atoms with E-state index >= 15 is 0 Å². The highest BCUT2D eigenvalue weighted by Crippen LogP contribution is 2.37. The molecule has 12 heteroatoms. The predicted octanol–water partition coefficient (Wildman–Crippen LogP) is 5.00. The van der Waals surface area contributed by atoms with Crippen LogP contribution in [-0.4, -0.2) is 24.3 Å². The van der Waals surface area contributed by atoms with Crippen molar-refractivity contribution in [3.8, 4) is 0 Å². The molecule has 0 saturated heterocycles. The largest absolute Gasteiger partial charge is 0.367 e. The van der Waals surface area contributed by atoms with Gasteiger partial charge in [-0.2, -0.15) is 4.37 Å². The zero-order valence-electron chi connectivity index (χ0n) is 14.5. The van der Waals surface area contributed by atoms with Gasteiger partial charge in [-0.1, -0.05) is 34.8 Å². The van der Waals surface area contributed by atoms with E-state index in [4.69, 9.17) is 34.8 Å². The first-order valence-corrected chi connectivity index (χ1v) is 11.6. The van der Waals surface area contributed by atoms with Crippen LogP contribution in [0.1, 0.15) is 11.1 Å². The number of benzene rings is 2. The fourth-order valence-corrected chi connectivity index (χ4v) is 5.48. The molecule has 1 aliphatic rings. The van der Waals surface area contributed by atoms with Crippen molar-refractivity contribution < 1.29 is 12.8 Å². The second-order valence-electron chi connectivity index (χ2n) is 6.29. The summed E-state index contributed by atoms with van der Waals surface area (Å²) in [6.45, 7) is 0.980. The summed E-state index contributed by atoms with van der Waals surface area (Å²) in [5, 5.41) is 1.08. The third-order valence-electron chi connectivity index (χ3n) is 4.45. The maximum Gasteiger partial charge on any atom is 0.266 e. The molecule has 1 aliphatic heterocycles. The van der Waals surface area contributed by atoms with Crippen molar-refractivity contribution in [1.82, 2.24) is 9.36 Å². The average molecular weight is 494 g/mol. The van der Waals surface area contributed by atoms with Crippen LogP contribution in [0.2, 0.25) is 15.1 Å². The molecule has 29 heavy (non-hydrogen) atoms. The Kier molecular flexibility index (Phi) is 5.60. The molecule has 0 atom stereocenters. The van der Waals surface area contributed by atoms with Crippen LogP contribution in [0.25, 0.3) is 0 Å². The van der Waals surface area contributed by atoms with Crippen LogP contribution in [-0.2, 0) is 23.0 Å². The molecule has 0 saturated carbocycles. The van der Waals surface area contributed by atoms with Gasteiger partial charge in [0.2, 0.25) is 5.13 Å². The summed E-state index contributed by atoms with van der Waals surface area (Å²) in [7, 11) is -4.19. The highest BCUT2D eigenvalue weighted by atomic mass is 35.5. The lowest BCUT2D eigenvalue weighted by atomic mass is 10.1. The Labute approximate surface area is 185 Å². The standard InChI is InChI=1S/C17H12Cl3FN4O2S2/c18-11-6-16(29(26,27)24-17-22-8-23-28-17)14(21)4-10(11)7-25-2-1-9-3-12(19)13(20)5-15(9)25/h3-6,8H,1-2,7H2,(H,22,23,24). The van der Waals surface area contributed by atoms with Crippen LogP contribution in [0.4, 0.5) is 15.2 Å². The zero-order chi connectivity index (χ0) is 20.8. The number of fused-ring (bicyclic) bond motifs is 1. The van der Waals surface area contributed by atoms with Gasteiger partial charge in [-0.25, -0.2) is 17.8 Å². The second-order valence-corrected chi connectivity index (χ2v) is 9.95. The summed E-state index contributed by atoms with van der Waals surface area (Å²) in [6.07, 6.45) is 1.97. The number of aromatic nitrogens is 2. The first kappa shape index (κ1) is 20.6. The monoisotopic (exact) mass is 492 g/mol. The van der Waals surface area contributed by atoms with Crippen molar-refractivity contribution in [3.05, 3.63) is 62.6 Å². The van der Waals surface area contributed by atoms with Crippen molar-refractivity contribution in [3.63, 3.8) is 0 Å². The molecule has 1 aromatic heterocycles. The van der Waals surface area contributed by atoms with E-state index < -0.39 is 20.7 Å². The minimum atomic E-state index is -4.19. The maximum atomic E-state index is 14.7. The summed E-state index contributed by atoms with van der Waals surface area (Å²) in [4.78, 5) is 5.17. The SMILES string of the molecule is O=S(=O)(Nc1ncns1)c1cc(Cl)c(CN2CCc3cc(Cl)c(Cl)cc32)cc1F. The number of rotatable bonds is 5. The molecule has 2 aromatic carbocycles. The Morgan fingerprint density at radius 2 is 1.90 bits per heavy atom. The van der Waals surface area contributed by atoms with E-state index in [2.05, 4.69) is 14.1 Å². The van der Waals surface area contributed by atoms with Crippen LogP contribution in [0.5, 0.6) is 0 Å². The van der Waals surface area contributed by atoms with E-state index in [1.165, 1.54) is 6.33 Å². The van der Waals surface area contributed by atoms with Crippen molar-refractivity contribution in [2.24, 2.45) is 0 Å². The zero-order valence-corrected chi connectivity index (χ0v) is 18.4. The van der Waals surface area contributed by atoms with Gasteiger partial charge in [0.25, 0.3) is 10.0 Å². The molecule has 0 spiro atoms. The Morgan fingerprint density at radius 1 is 1.14 bits per heavy atom. The number of nitrogens with one attached hydrogen (secondary N) is 1. The molecular formula is C17H12Cl3FN4O2S2. The normalized spacial score (nSPS) is 13.6. The van der Waals surface area contributed by atoms with Gasteiger partial charge >= 0.3 is 0 Å². The molecule has 0 fully saturated rings. The maximum absolute atomic E-state index is 14.7. The van der Waals surface area contributed by atoms with Gasteiger partial charge in [0.1, 0.15) is 17.0 Å². The minimum Gasteiger partial charge on any atom is -0.367 e. The first-order valence-electron chi connectivity index (χ1n) is 8.25. The summed E-state index contributed by atoms with van der Waals surface area (Å²) in [5.41, 5.74) is 2.39. The van der Waals surface area contributed by atoms with Gasteiger partial charge in [0.15, 0.2) is 0 Å². The molecule has 4 rings (SSSR count). The number of nitrogens with zero attached hydrogens (tertiary/aromatic N) is 3. The number of hydrogen-bond acceptors (Lipinski definition) is 6. The summed E-state index contributed by atoms with van der Waals surface area (Å²) >= 11 is 19.3. The Bertz CT molecular complexity index is 1190. The molecule has 0 aliphatic carbocycles. The molecule has 0 radical (unpaired) electrons. The molecule has 152 valence electrons. The Hall–Kier alpha value is -1.65. The summed E-state index contributed by atoms with van der Waals surface area (Å²) in [5.74, 6) is -0.907. The molecule has 1 N–H and O–H groups in total. The highest BCUT2D eigenvalue weighted by Gasteiger charge is 2.25. The van der Waals surface area contributed by atoms with E-state index in [-0.39, 0.29) is 10.2 Å². The van der Waals surface area contributed by atoms with Gasteiger partial charge in [0.05, 0.1) is 10.0 Å². The summed E-state index contributed by atoms with van der Waals surface area (Å²) < 4.78 is 45.5. The summed E-state index contributed by atoms with van der Waals surface area (Å²) in [6, 6.07) is 5.81. The lowest BCUT2D eigenvalue weighted by Gasteiger charge is -2.21. The molecule has 6 nitrogen and oxygen atoms in total. The van der Waals surface area contributed by atoms with Gasteiger partial charge < -0.3 is 4.90 Å². The number of anilines is 2. The first-order chi connectivity index (χ1) is 13.7. The molecule has 2 heterocycles. The Balaban J connectivity index is 1.62. The molecular weight excluding hydrogens is 482 g/mol. The van der Waals surface area contributed by atoms with Gasteiger partial charge in [-0.15, -0.1) is 0 Å². The lowest BCUT2D eigenvalue weighted by molar-refractivity contribution is 0.568. The number of sulfonamides is 1. The van der Waals surface area contributed by atoms with E-state index in [0.29, 0.717) is 28.7 Å². The van der Waals surface area contributed by atoms with E-state index in [1.54, 1.807) is 6.07 Å². The lowest BCUT2D eigenvalue weighted by Crippen LogP contribution is -2.21. The van der Waals surface area contributed by atoms with Crippen LogP contribution >= 0.6 is 46.3 Å². The topological polar surface area (TPSA) is 75.2 Å². The van der Waals surface area contributed by atoms with Crippen LogP contribution in [0.15, 0.2) is 35.5 Å². The number of halogens is 4. The van der Waals surface area contributed by atoms with E-state index in [0.717, 1.165) is 41.3 Å². The van der Waals surface area contributed by atoms with Crippen LogP contribution < -0.4 is 9.62 Å². The third kappa shape index (κ3) is 4.15. The second kappa shape index (κ2) is 7.88. The van der Waals surface area contributed by atoms with Crippen molar-refractivity contribution in [1.29, 1.82) is 0 Å². The van der Waals surface area contributed by atoms with Crippen LogP contribution in [0.3, 0.4) is 0 Å². The fraction of sp³-hybridized carbons (Fsp3) is 0.176. The Morgan fingerprint density at radius 3 is 2.62 bits per heavy atom. The van der Waals surface area contributed by atoms with Gasteiger partial charge in [-0.3, -0.25) is 4.72 Å². The molecule has 0 amide bonds. The van der Waals surface area contributed by atoms with Crippen molar-refractivity contribution in [2.75, 3.05) is 16.2 Å². The smallest absolute Gasteiger partial charge is 0.266 e. The predicted molar refractivity (Wildman–Crippen MR) is 113 cm³/mol.